The molecule has 1 aliphatic heterocycles. The molecule has 6 heteroatoms. The Morgan fingerprint density at radius 3 is 2.62 bits per heavy atom. The number of carbonyl (C=O) groups excluding carboxylic acids is 2. The average Bonchev–Trinajstić information content (AvgIpc) is 2.60. The third-order valence-electron chi connectivity index (χ3n) is 4.27. The Labute approximate surface area is 143 Å². The smallest absolute Gasteiger partial charge is 0.317 e. The molecule has 6 nitrogen and oxygen atoms in total. The monoisotopic (exact) mass is 333 g/mol. The van der Waals surface area contributed by atoms with E-state index in [1.54, 1.807) is 4.90 Å². The van der Waals surface area contributed by atoms with Gasteiger partial charge in [-0.15, -0.1) is 0 Å². The van der Waals surface area contributed by atoms with E-state index in [1.165, 1.54) is 0 Å². The zero-order valence-electron chi connectivity index (χ0n) is 14.7. The Hall–Kier alpha value is -2.24. The minimum Gasteiger partial charge on any atom is -0.466 e. The number of rotatable bonds is 5. The normalized spacial score (nSPS) is 15.0. The number of esters is 1. The number of hydrogen-bond donors (Lipinski definition) is 1. The number of carbonyl (C=O) groups is 2. The SMILES string of the molecule is CCOC(=O)C1CCN(C(=O)NCc2cccc(N(C)C)c2)CC1. The quantitative estimate of drug-likeness (QED) is 0.840. The van der Waals surface area contributed by atoms with E-state index in [0.29, 0.717) is 39.1 Å². The molecule has 2 rings (SSSR count). The molecule has 1 saturated heterocycles. The molecule has 0 aromatic heterocycles. The second-order valence-electron chi connectivity index (χ2n) is 6.24. The lowest BCUT2D eigenvalue weighted by Gasteiger charge is -2.31. The molecule has 0 saturated carbocycles. The lowest BCUT2D eigenvalue weighted by atomic mass is 9.97. The Morgan fingerprint density at radius 1 is 1.29 bits per heavy atom. The van der Waals surface area contributed by atoms with Crippen LogP contribution in [0.4, 0.5) is 10.5 Å². The van der Waals surface area contributed by atoms with Crippen LogP contribution < -0.4 is 10.2 Å². The van der Waals surface area contributed by atoms with E-state index in [4.69, 9.17) is 4.74 Å². The maximum absolute atomic E-state index is 12.3. The molecule has 1 fully saturated rings. The minimum absolute atomic E-state index is 0.0763. The van der Waals surface area contributed by atoms with Crippen molar-refractivity contribution in [2.45, 2.75) is 26.3 Å². The molecule has 0 atom stereocenters. The van der Waals surface area contributed by atoms with Crippen LogP contribution in [-0.2, 0) is 16.1 Å². The van der Waals surface area contributed by atoms with Gasteiger partial charge >= 0.3 is 12.0 Å². The molecule has 1 aromatic carbocycles. The maximum Gasteiger partial charge on any atom is 0.317 e. The minimum atomic E-state index is -0.141. The predicted octanol–water partition coefficient (Wildman–Crippen LogP) is 2.24. The van der Waals surface area contributed by atoms with Gasteiger partial charge in [0.25, 0.3) is 0 Å². The number of ether oxygens (including phenoxy) is 1. The van der Waals surface area contributed by atoms with Crippen LogP contribution in [0.1, 0.15) is 25.3 Å². The third kappa shape index (κ3) is 4.88. The van der Waals surface area contributed by atoms with Gasteiger partial charge in [0.05, 0.1) is 12.5 Å². The maximum atomic E-state index is 12.3. The summed E-state index contributed by atoms with van der Waals surface area (Å²) in [4.78, 5) is 27.8. The number of piperidine rings is 1. The van der Waals surface area contributed by atoms with Crippen molar-refractivity contribution in [2.75, 3.05) is 38.7 Å². The molecule has 1 aliphatic rings. The largest absolute Gasteiger partial charge is 0.466 e. The van der Waals surface area contributed by atoms with Crippen molar-refractivity contribution in [1.29, 1.82) is 0 Å². The first-order valence-electron chi connectivity index (χ1n) is 8.47. The topological polar surface area (TPSA) is 61.9 Å². The van der Waals surface area contributed by atoms with E-state index < -0.39 is 0 Å². The van der Waals surface area contributed by atoms with Crippen LogP contribution in [0.25, 0.3) is 0 Å². The van der Waals surface area contributed by atoms with Crippen LogP contribution in [0.3, 0.4) is 0 Å². The van der Waals surface area contributed by atoms with Gasteiger partial charge in [-0.1, -0.05) is 12.1 Å². The second-order valence-corrected chi connectivity index (χ2v) is 6.24. The van der Waals surface area contributed by atoms with E-state index in [-0.39, 0.29) is 17.9 Å². The van der Waals surface area contributed by atoms with Gasteiger partial charge in [0, 0.05) is 39.4 Å². The van der Waals surface area contributed by atoms with Gasteiger partial charge in [-0.2, -0.15) is 0 Å². The lowest BCUT2D eigenvalue weighted by molar-refractivity contribution is -0.149. The molecule has 0 aliphatic carbocycles. The average molecular weight is 333 g/mol. The van der Waals surface area contributed by atoms with Gasteiger partial charge in [-0.25, -0.2) is 4.79 Å². The summed E-state index contributed by atoms with van der Waals surface area (Å²) >= 11 is 0. The summed E-state index contributed by atoms with van der Waals surface area (Å²) in [6.45, 7) is 3.90. The Balaban J connectivity index is 1.80. The third-order valence-corrected chi connectivity index (χ3v) is 4.27. The molecular weight excluding hydrogens is 306 g/mol. The first-order valence-corrected chi connectivity index (χ1v) is 8.47. The van der Waals surface area contributed by atoms with Crippen molar-refractivity contribution in [3.63, 3.8) is 0 Å². The highest BCUT2D eigenvalue weighted by Crippen LogP contribution is 2.19. The number of benzene rings is 1. The Kier molecular flexibility index (Phi) is 6.46. The molecule has 24 heavy (non-hydrogen) atoms. The van der Waals surface area contributed by atoms with Gasteiger partial charge in [-0.05, 0) is 37.5 Å². The predicted molar refractivity (Wildman–Crippen MR) is 93.9 cm³/mol. The molecule has 2 amide bonds. The first-order chi connectivity index (χ1) is 11.5. The van der Waals surface area contributed by atoms with Crippen LogP contribution in [0.2, 0.25) is 0 Å². The van der Waals surface area contributed by atoms with Crippen LogP contribution >= 0.6 is 0 Å². The highest BCUT2D eigenvalue weighted by atomic mass is 16.5. The van der Waals surface area contributed by atoms with Crippen molar-refractivity contribution in [2.24, 2.45) is 5.92 Å². The fourth-order valence-corrected chi connectivity index (χ4v) is 2.81. The first kappa shape index (κ1) is 18.1. The summed E-state index contributed by atoms with van der Waals surface area (Å²) in [6, 6.07) is 8.01. The number of likely N-dealkylation sites (tertiary alicyclic amines) is 1. The van der Waals surface area contributed by atoms with Crippen molar-refractivity contribution in [3.05, 3.63) is 29.8 Å². The highest BCUT2D eigenvalue weighted by molar-refractivity contribution is 5.76. The van der Waals surface area contributed by atoms with Crippen LogP contribution in [0, 0.1) is 5.92 Å². The van der Waals surface area contributed by atoms with Crippen molar-refractivity contribution in [1.82, 2.24) is 10.2 Å². The van der Waals surface area contributed by atoms with Gasteiger partial charge < -0.3 is 19.9 Å². The van der Waals surface area contributed by atoms with Crippen molar-refractivity contribution < 1.29 is 14.3 Å². The van der Waals surface area contributed by atoms with Crippen molar-refractivity contribution in [3.8, 4) is 0 Å². The van der Waals surface area contributed by atoms with E-state index in [9.17, 15) is 9.59 Å². The van der Waals surface area contributed by atoms with Gasteiger partial charge in [0.15, 0.2) is 0 Å². The molecular formula is C18H27N3O3. The van der Waals surface area contributed by atoms with Crippen LogP contribution in [0.15, 0.2) is 24.3 Å². The summed E-state index contributed by atoms with van der Waals surface area (Å²) in [6.07, 6.45) is 1.34. The number of hydrogen-bond acceptors (Lipinski definition) is 4. The molecule has 1 aromatic rings. The molecule has 0 bridgehead atoms. The Morgan fingerprint density at radius 2 is 2.00 bits per heavy atom. The summed E-state index contributed by atoms with van der Waals surface area (Å²) in [5.74, 6) is -0.219. The van der Waals surface area contributed by atoms with Gasteiger partial charge in [0.1, 0.15) is 0 Å². The number of amides is 2. The van der Waals surface area contributed by atoms with Gasteiger partial charge in [0.2, 0.25) is 0 Å². The molecule has 1 N–H and O–H groups in total. The lowest BCUT2D eigenvalue weighted by Crippen LogP contribution is -2.45. The summed E-state index contributed by atoms with van der Waals surface area (Å²) < 4.78 is 5.05. The fraction of sp³-hybridized carbons (Fsp3) is 0.556. The zero-order chi connectivity index (χ0) is 17.5. The van der Waals surface area contributed by atoms with E-state index >= 15 is 0 Å². The highest BCUT2D eigenvalue weighted by Gasteiger charge is 2.28. The van der Waals surface area contributed by atoms with Gasteiger partial charge in [-0.3, -0.25) is 4.79 Å². The number of nitrogens with zero attached hydrogens (tertiary/aromatic N) is 2. The van der Waals surface area contributed by atoms with Crippen LogP contribution in [-0.4, -0.2) is 50.7 Å². The van der Waals surface area contributed by atoms with Crippen LogP contribution in [0.5, 0.6) is 0 Å². The number of urea groups is 1. The molecule has 0 radical (unpaired) electrons. The summed E-state index contributed by atoms with van der Waals surface area (Å²) in [5, 5.41) is 2.96. The molecule has 132 valence electrons. The van der Waals surface area contributed by atoms with Crippen molar-refractivity contribution >= 4 is 17.7 Å². The summed E-state index contributed by atoms with van der Waals surface area (Å²) in [5.41, 5.74) is 2.17. The number of nitrogens with one attached hydrogen (secondary N) is 1. The second kappa shape index (κ2) is 8.57. The standard InChI is InChI=1S/C18H27N3O3/c1-4-24-17(22)15-8-10-21(11-9-15)18(23)19-13-14-6-5-7-16(12-14)20(2)3/h5-7,12,15H,4,8-11,13H2,1-3H3,(H,19,23). The molecule has 0 spiro atoms. The summed E-state index contributed by atoms with van der Waals surface area (Å²) in [7, 11) is 3.98. The fourth-order valence-electron chi connectivity index (χ4n) is 2.81. The zero-order valence-corrected chi connectivity index (χ0v) is 14.7. The number of anilines is 1. The molecule has 1 heterocycles. The Bertz CT molecular complexity index is 566. The molecule has 0 unspecified atom stereocenters. The van der Waals surface area contributed by atoms with E-state index in [0.717, 1.165) is 11.3 Å². The van der Waals surface area contributed by atoms with E-state index in [2.05, 4.69) is 11.4 Å². The van der Waals surface area contributed by atoms with E-state index in [1.807, 2.05) is 44.1 Å².